The number of halogens is 1. The molecule has 1 N–H and O–H groups in total. The largest absolute Gasteiger partial charge is 0.441 e. The first-order chi connectivity index (χ1) is 10.1. The van der Waals surface area contributed by atoms with Gasteiger partial charge in [0.25, 0.3) is 0 Å². The van der Waals surface area contributed by atoms with Gasteiger partial charge in [-0.3, -0.25) is 4.79 Å². The normalized spacial score (nSPS) is 12.1. The van der Waals surface area contributed by atoms with Crippen LogP contribution in [0.25, 0.3) is 11.3 Å². The number of aromatic nitrogens is 1. The van der Waals surface area contributed by atoms with Crippen LogP contribution in [-0.4, -0.2) is 16.9 Å². The highest BCUT2D eigenvalue weighted by Crippen LogP contribution is 2.28. The predicted molar refractivity (Wildman–Crippen MR) is 83.2 cm³/mol. The number of nitrogens with one attached hydrogen (secondary N) is 1. The zero-order valence-electron chi connectivity index (χ0n) is 12.2. The molecule has 2 aromatic rings. The minimum Gasteiger partial charge on any atom is -0.441 e. The van der Waals surface area contributed by atoms with Crippen LogP contribution in [0.5, 0.6) is 0 Å². The van der Waals surface area contributed by atoms with Crippen LogP contribution in [0.15, 0.2) is 34.9 Å². The molecule has 0 saturated carbocycles. The lowest BCUT2D eigenvalue weighted by atomic mass is 10.2. The second-order valence-corrected chi connectivity index (χ2v) is 5.38. The van der Waals surface area contributed by atoms with Crippen LogP contribution < -0.4 is 5.32 Å². The zero-order valence-corrected chi connectivity index (χ0v) is 13.0. The van der Waals surface area contributed by atoms with Crippen molar-refractivity contribution >= 4 is 17.5 Å². The van der Waals surface area contributed by atoms with E-state index in [0.717, 1.165) is 12.0 Å². The monoisotopic (exact) mass is 306 g/mol. The number of carbonyl (C=O) groups excluding carboxylic acids is 1. The highest BCUT2D eigenvalue weighted by atomic mass is 35.5. The number of carbonyl (C=O) groups is 1. The second-order valence-electron chi connectivity index (χ2n) is 4.97. The van der Waals surface area contributed by atoms with Gasteiger partial charge in [0.05, 0.1) is 11.2 Å². The maximum Gasteiger partial charge on any atom is 0.220 e. The topological polar surface area (TPSA) is 55.1 Å². The third-order valence-corrected chi connectivity index (χ3v) is 3.61. The molecule has 0 radical (unpaired) electrons. The Balaban J connectivity index is 1.95. The van der Waals surface area contributed by atoms with Gasteiger partial charge in [0, 0.05) is 24.4 Å². The summed E-state index contributed by atoms with van der Waals surface area (Å²) in [5.74, 6) is 1.18. The van der Waals surface area contributed by atoms with E-state index >= 15 is 0 Å². The lowest BCUT2D eigenvalue weighted by Crippen LogP contribution is -2.32. The van der Waals surface area contributed by atoms with Crippen LogP contribution in [0.4, 0.5) is 0 Å². The summed E-state index contributed by atoms with van der Waals surface area (Å²) >= 11 is 6.12. The van der Waals surface area contributed by atoms with E-state index in [4.69, 9.17) is 16.0 Å². The molecule has 112 valence electrons. The van der Waals surface area contributed by atoms with E-state index in [1.54, 1.807) is 12.3 Å². The molecule has 0 aliphatic rings. The predicted octanol–water partition coefficient (Wildman–Crippen LogP) is 3.84. The Labute approximate surface area is 129 Å². The Morgan fingerprint density at radius 1 is 1.43 bits per heavy atom. The summed E-state index contributed by atoms with van der Waals surface area (Å²) in [5, 5.41) is 3.54. The number of aryl methyl sites for hydroxylation is 1. The standard InChI is InChI=1S/C16H19ClN2O2/c1-3-11(2)19-15(20)8-9-16-18-10-14(21-16)12-6-4-5-7-13(12)17/h4-7,10-11H,3,8-9H2,1-2H3,(H,19,20)/t11-/m1/s1. The summed E-state index contributed by atoms with van der Waals surface area (Å²) < 4.78 is 5.66. The number of amides is 1. The third-order valence-electron chi connectivity index (χ3n) is 3.28. The Morgan fingerprint density at radius 3 is 2.90 bits per heavy atom. The molecule has 0 fully saturated rings. The molecule has 21 heavy (non-hydrogen) atoms. The van der Waals surface area contributed by atoms with Crippen molar-refractivity contribution in [1.82, 2.24) is 10.3 Å². The third kappa shape index (κ3) is 4.33. The van der Waals surface area contributed by atoms with Crippen LogP contribution in [0.1, 0.15) is 32.6 Å². The number of rotatable bonds is 6. The molecule has 0 aliphatic heterocycles. The molecule has 1 aromatic carbocycles. The van der Waals surface area contributed by atoms with Crippen molar-refractivity contribution in [2.24, 2.45) is 0 Å². The SMILES string of the molecule is CC[C@@H](C)NC(=O)CCc1ncc(-c2ccccc2Cl)o1. The van der Waals surface area contributed by atoms with Crippen molar-refractivity contribution in [3.8, 4) is 11.3 Å². The van der Waals surface area contributed by atoms with Crippen LogP contribution in [-0.2, 0) is 11.2 Å². The van der Waals surface area contributed by atoms with E-state index in [-0.39, 0.29) is 11.9 Å². The number of hydrogen-bond donors (Lipinski definition) is 1. The number of benzene rings is 1. The van der Waals surface area contributed by atoms with Crippen molar-refractivity contribution in [3.05, 3.63) is 41.4 Å². The smallest absolute Gasteiger partial charge is 0.220 e. The molecule has 0 unspecified atom stereocenters. The van der Waals surface area contributed by atoms with Crippen molar-refractivity contribution in [2.45, 2.75) is 39.2 Å². The molecule has 0 bridgehead atoms. The highest BCUT2D eigenvalue weighted by molar-refractivity contribution is 6.33. The molecular formula is C16H19ClN2O2. The van der Waals surface area contributed by atoms with Gasteiger partial charge in [0.1, 0.15) is 0 Å². The highest BCUT2D eigenvalue weighted by Gasteiger charge is 2.11. The summed E-state index contributed by atoms with van der Waals surface area (Å²) in [6.45, 7) is 4.02. The van der Waals surface area contributed by atoms with Crippen LogP contribution in [0.2, 0.25) is 5.02 Å². The summed E-state index contributed by atoms with van der Waals surface area (Å²) in [7, 11) is 0. The van der Waals surface area contributed by atoms with Gasteiger partial charge < -0.3 is 9.73 Å². The molecule has 2 rings (SSSR count). The first kappa shape index (κ1) is 15.6. The van der Waals surface area contributed by atoms with Gasteiger partial charge in [-0.05, 0) is 25.5 Å². The average molecular weight is 307 g/mol. The second kappa shape index (κ2) is 7.27. The van der Waals surface area contributed by atoms with Crippen LogP contribution in [0, 0.1) is 0 Å². The number of oxazole rings is 1. The first-order valence-corrected chi connectivity index (χ1v) is 7.47. The van der Waals surface area contributed by atoms with Crippen molar-refractivity contribution < 1.29 is 9.21 Å². The Bertz CT molecular complexity index is 610. The zero-order chi connectivity index (χ0) is 15.2. The summed E-state index contributed by atoms with van der Waals surface area (Å²) in [5.41, 5.74) is 0.807. The van der Waals surface area contributed by atoms with Crippen LogP contribution >= 0.6 is 11.6 Å². The summed E-state index contributed by atoms with van der Waals surface area (Å²) in [6.07, 6.45) is 3.41. The van der Waals surface area contributed by atoms with E-state index in [2.05, 4.69) is 10.3 Å². The molecule has 0 saturated heterocycles. The minimum absolute atomic E-state index is 0.0156. The first-order valence-electron chi connectivity index (χ1n) is 7.09. The van der Waals surface area contributed by atoms with Crippen molar-refractivity contribution in [2.75, 3.05) is 0 Å². The number of hydrogen-bond acceptors (Lipinski definition) is 3. The van der Waals surface area contributed by atoms with E-state index in [1.807, 2.05) is 32.0 Å². The lowest BCUT2D eigenvalue weighted by molar-refractivity contribution is -0.121. The van der Waals surface area contributed by atoms with Crippen LogP contribution in [0.3, 0.4) is 0 Å². The molecule has 0 spiro atoms. The lowest BCUT2D eigenvalue weighted by Gasteiger charge is -2.10. The van der Waals surface area contributed by atoms with Gasteiger partial charge in [-0.1, -0.05) is 30.7 Å². The van der Waals surface area contributed by atoms with E-state index in [9.17, 15) is 4.79 Å². The van der Waals surface area contributed by atoms with Gasteiger partial charge in [-0.25, -0.2) is 4.98 Å². The van der Waals surface area contributed by atoms with E-state index in [1.165, 1.54) is 0 Å². The molecule has 1 heterocycles. The van der Waals surface area contributed by atoms with Gasteiger partial charge >= 0.3 is 0 Å². The molecule has 4 nitrogen and oxygen atoms in total. The number of nitrogens with zero attached hydrogens (tertiary/aromatic N) is 1. The summed E-state index contributed by atoms with van der Waals surface area (Å²) in [4.78, 5) is 15.9. The van der Waals surface area contributed by atoms with Gasteiger partial charge in [0.15, 0.2) is 11.7 Å². The molecule has 1 atom stereocenters. The quantitative estimate of drug-likeness (QED) is 0.882. The van der Waals surface area contributed by atoms with E-state index < -0.39 is 0 Å². The van der Waals surface area contributed by atoms with Gasteiger partial charge in [-0.2, -0.15) is 0 Å². The van der Waals surface area contributed by atoms with E-state index in [0.29, 0.717) is 29.5 Å². The molecule has 1 aromatic heterocycles. The Morgan fingerprint density at radius 2 is 2.19 bits per heavy atom. The average Bonchev–Trinajstić information content (AvgIpc) is 2.94. The summed E-state index contributed by atoms with van der Waals surface area (Å²) in [6, 6.07) is 7.63. The molecular weight excluding hydrogens is 288 g/mol. The molecule has 5 heteroatoms. The van der Waals surface area contributed by atoms with Gasteiger partial charge in [-0.15, -0.1) is 0 Å². The maximum atomic E-state index is 11.7. The van der Waals surface area contributed by atoms with Crippen molar-refractivity contribution in [1.29, 1.82) is 0 Å². The maximum absolute atomic E-state index is 11.7. The fourth-order valence-electron chi connectivity index (χ4n) is 1.88. The fourth-order valence-corrected chi connectivity index (χ4v) is 2.11. The van der Waals surface area contributed by atoms with Crippen molar-refractivity contribution in [3.63, 3.8) is 0 Å². The Hall–Kier alpha value is -1.81. The Kier molecular flexibility index (Phi) is 5.39. The fraction of sp³-hybridized carbons (Fsp3) is 0.375. The molecule has 1 amide bonds. The molecule has 0 aliphatic carbocycles. The van der Waals surface area contributed by atoms with Gasteiger partial charge in [0.2, 0.25) is 5.91 Å². The minimum atomic E-state index is 0.0156.